The van der Waals surface area contributed by atoms with Gasteiger partial charge in [0.2, 0.25) is 0 Å². The Balaban J connectivity index is 2.18. The van der Waals surface area contributed by atoms with Crippen molar-refractivity contribution in [1.29, 1.82) is 0 Å². The molecule has 0 unspecified atom stereocenters. The molecule has 19 heavy (non-hydrogen) atoms. The average molecular weight is 264 g/mol. The summed E-state index contributed by atoms with van der Waals surface area (Å²) >= 11 is 0. The molecule has 1 aromatic rings. The van der Waals surface area contributed by atoms with Crippen LogP contribution in [0.3, 0.4) is 0 Å². The van der Waals surface area contributed by atoms with E-state index in [1.807, 2.05) is 4.90 Å². The predicted octanol–water partition coefficient (Wildman–Crippen LogP) is 2.48. The molecule has 1 atom stereocenters. The highest BCUT2D eigenvalue weighted by Gasteiger charge is 2.26. The molecular formula is C15H21FN2O. The number of aryl methyl sites for hydroxylation is 1. The molecule has 2 N–H and O–H groups in total. The van der Waals surface area contributed by atoms with Crippen molar-refractivity contribution < 1.29 is 9.18 Å². The van der Waals surface area contributed by atoms with Crippen molar-refractivity contribution in [2.45, 2.75) is 38.6 Å². The number of rotatable bonds is 3. The minimum atomic E-state index is -0.270. The van der Waals surface area contributed by atoms with Gasteiger partial charge in [-0.3, -0.25) is 4.79 Å². The quantitative estimate of drug-likeness (QED) is 0.911. The van der Waals surface area contributed by atoms with E-state index in [1.165, 1.54) is 6.07 Å². The summed E-state index contributed by atoms with van der Waals surface area (Å²) in [6.07, 6.45) is 4.04. The van der Waals surface area contributed by atoms with E-state index in [4.69, 9.17) is 5.73 Å². The second-order valence-corrected chi connectivity index (χ2v) is 5.19. The molecule has 0 aromatic heterocycles. The fraction of sp³-hybridized carbons (Fsp3) is 0.533. The molecule has 3 nitrogen and oxygen atoms in total. The van der Waals surface area contributed by atoms with Crippen molar-refractivity contribution in [2.75, 3.05) is 13.1 Å². The van der Waals surface area contributed by atoms with Crippen LogP contribution in [-0.2, 0) is 0 Å². The molecule has 104 valence electrons. The molecule has 0 saturated carbocycles. The molecule has 0 spiro atoms. The molecule has 1 fully saturated rings. The van der Waals surface area contributed by atoms with Gasteiger partial charge in [0.1, 0.15) is 5.82 Å². The number of carbonyl (C=O) groups excluding carboxylic acids is 1. The molecule has 1 aliphatic heterocycles. The van der Waals surface area contributed by atoms with E-state index in [2.05, 4.69) is 0 Å². The number of carbonyl (C=O) groups is 1. The molecular weight excluding hydrogens is 243 g/mol. The minimum absolute atomic E-state index is 0.00116. The molecule has 4 heteroatoms. The molecule has 1 saturated heterocycles. The Hall–Kier alpha value is -1.42. The molecule has 1 heterocycles. The molecule has 1 aliphatic rings. The van der Waals surface area contributed by atoms with Crippen LogP contribution < -0.4 is 5.73 Å². The number of piperidine rings is 1. The van der Waals surface area contributed by atoms with E-state index in [-0.39, 0.29) is 17.8 Å². The maximum Gasteiger partial charge on any atom is 0.254 e. The van der Waals surface area contributed by atoms with Crippen LogP contribution in [-0.4, -0.2) is 29.9 Å². The first kappa shape index (κ1) is 14.0. The van der Waals surface area contributed by atoms with Gasteiger partial charge in [-0.25, -0.2) is 4.39 Å². The van der Waals surface area contributed by atoms with Crippen LogP contribution in [0.25, 0.3) is 0 Å². The smallest absolute Gasteiger partial charge is 0.254 e. The van der Waals surface area contributed by atoms with E-state index < -0.39 is 0 Å². The van der Waals surface area contributed by atoms with Crippen LogP contribution in [0.5, 0.6) is 0 Å². The normalized spacial score (nSPS) is 19.5. The highest BCUT2D eigenvalue weighted by Crippen LogP contribution is 2.22. The lowest BCUT2D eigenvalue weighted by Crippen LogP contribution is -2.44. The van der Waals surface area contributed by atoms with Gasteiger partial charge >= 0.3 is 0 Å². The second-order valence-electron chi connectivity index (χ2n) is 5.19. The summed E-state index contributed by atoms with van der Waals surface area (Å²) in [4.78, 5) is 14.4. The Morgan fingerprint density at radius 3 is 2.95 bits per heavy atom. The van der Waals surface area contributed by atoms with Gasteiger partial charge < -0.3 is 10.6 Å². The molecule has 0 aliphatic carbocycles. The second kappa shape index (κ2) is 6.15. The number of halogens is 1. The zero-order chi connectivity index (χ0) is 13.8. The van der Waals surface area contributed by atoms with Crippen LogP contribution in [0.1, 0.15) is 41.6 Å². The lowest BCUT2D eigenvalue weighted by atomic mass is 9.98. The van der Waals surface area contributed by atoms with Crippen LogP contribution in [0.4, 0.5) is 4.39 Å². The van der Waals surface area contributed by atoms with E-state index in [0.29, 0.717) is 17.7 Å². The standard InChI is InChI=1S/C15H21FN2O/c1-11-10-12(5-6-14(11)16)15(19)18-9-3-2-4-13(18)7-8-17/h5-6,10,13H,2-4,7-9,17H2,1H3/t13-/m0/s1. The minimum Gasteiger partial charge on any atom is -0.336 e. The maximum absolute atomic E-state index is 13.3. The highest BCUT2D eigenvalue weighted by molar-refractivity contribution is 5.94. The Kier molecular flexibility index (Phi) is 4.53. The van der Waals surface area contributed by atoms with Gasteiger partial charge in [-0.2, -0.15) is 0 Å². The van der Waals surface area contributed by atoms with Crippen molar-refractivity contribution in [1.82, 2.24) is 4.90 Å². The Morgan fingerprint density at radius 1 is 1.47 bits per heavy atom. The third-order valence-electron chi connectivity index (χ3n) is 3.79. The molecule has 0 bridgehead atoms. The summed E-state index contributed by atoms with van der Waals surface area (Å²) in [6.45, 7) is 3.05. The summed E-state index contributed by atoms with van der Waals surface area (Å²) in [5.74, 6) is -0.269. The summed E-state index contributed by atoms with van der Waals surface area (Å²) in [5.41, 5.74) is 6.70. The molecule has 1 aromatic carbocycles. The number of amides is 1. The van der Waals surface area contributed by atoms with Gasteiger partial charge in [-0.1, -0.05) is 0 Å². The zero-order valence-corrected chi connectivity index (χ0v) is 11.4. The lowest BCUT2D eigenvalue weighted by Gasteiger charge is -2.35. The number of hydrogen-bond donors (Lipinski definition) is 1. The van der Waals surface area contributed by atoms with E-state index in [1.54, 1.807) is 19.1 Å². The number of benzene rings is 1. The zero-order valence-electron chi connectivity index (χ0n) is 11.4. The van der Waals surface area contributed by atoms with E-state index >= 15 is 0 Å². The van der Waals surface area contributed by atoms with Gasteiger partial charge in [0, 0.05) is 18.2 Å². The fourth-order valence-electron chi connectivity index (χ4n) is 2.70. The summed E-state index contributed by atoms with van der Waals surface area (Å²) in [6, 6.07) is 4.80. The third-order valence-corrected chi connectivity index (χ3v) is 3.79. The Bertz CT molecular complexity index is 459. The van der Waals surface area contributed by atoms with Crippen LogP contribution in [0.2, 0.25) is 0 Å². The first-order chi connectivity index (χ1) is 9.13. The Labute approximate surface area is 113 Å². The van der Waals surface area contributed by atoms with Crippen LogP contribution in [0.15, 0.2) is 18.2 Å². The molecule has 2 rings (SSSR count). The van der Waals surface area contributed by atoms with Crippen molar-refractivity contribution in [3.63, 3.8) is 0 Å². The van der Waals surface area contributed by atoms with Crippen molar-refractivity contribution in [2.24, 2.45) is 5.73 Å². The van der Waals surface area contributed by atoms with Crippen LogP contribution >= 0.6 is 0 Å². The topological polar surface area (TPSA) is 46.3 Å². The first-order valence-electron chi connectivity index (χ1n) is 6.90. The van der Waals surface area contributed by atoms with Gasteiger partial charge in [0.25, 0.3) is 5.91 Å². The van der Waals surface area contributed by atoms with Gasteiger partial charge in [-0.05, 0) is 62.9 Å². The lowest BCUT2D eigenvalue weighted by molar-refractivity contribution is 0.0605. The van der Waals surface area contributed by atoms with Crippen molar-refractivity contribution >= 4 is 5.91 Å². The van der Waals surface area contributed by atoms with Gasteiger partial charge in [0.05, 0.1) is 0 Å². The summed E-state index contributed by atoms with van der Waals surface area (Å²) in [5, 5.41) is 0. The fourth-order valence-corrected chi connectivity index (χ4v) is 2.70. The average Bonchev–Trinajstić information content (AvgIpc) is 2.42. The largest absolute Gasteiger partial charge is 0.336 e. The van der Waals surface area contributed by atoms with Gasteiger partial charge in [-0.15, -0.1) is 0 Å². The van der Waals surface area contributed by atoms with E-state index in [0.717, 1.165) is 32.2 Å². The summed E-state index contributed by atoms with van der Waals surface area (Å²) in [7, 11) is 0. The van der Waals surface area contributed by atoms with Crippen LogP contribution in [0, 0.1) is 12.7 Å². The number of hydrogen-bond acceptors (Lipinski definition) is 2. The van der Waals surface area contributed by atoms with Gasteiger partial charge in [0.15, 0.2) is 0 Å². The SMILES string of the molecule is Cc1cc(C(=O)N2CCCC[C@H]2CCN)ccc1F. The summed E-state index contributed by atoms with van der Waals surface area (Å²) < 4.78 is 13.3. The first-order valence-corrected chi connectivity index (χ1v) is 6.90. The van der Waals surface area contributed by atoms with Crippen molar-refractivity contribution in [3.05, 3.63) is 35.1 Å². The predicted molar refractivity (Wildman–Crippen MR) is 73.5 cm³/mol. The number of nitrogens with two attached hydrogens (primary N) is 1. The maximum atomic E-state index is 13.3. The van der Waals surface area contributed by atoms with Crippen molar-refractivity contribution in [3.8, 4) is 0 Å². The molecule has 0 radical (unpaired) electrons. The highest BCUT2D eigenvalue weighted by atomic mass is 19.1. The molecule has 1 amide bonds. The van der Waals surface area contributed by atoms with E-state index in [9.17, 15) is 9.18 Å². The Morgan fingerprint density at radius 2 is 2.26 bits per heavy atom. The number of nitrogens with zero attached hydrogens (tertiary/aromatic N) is 1. The monoisotopic (exact) mass is 264 g/mol. The number of likely N-dealkylation sites (tertiary alicyclic amines) is 1. The third kappa shape index (κ3) is 3.13.